The van der Waals surface area contributed by atoms with Crippen molar-refractivity contribution in [3.8, 4) is 5.75 Å². The predicted molar refractivity (Wildman–Crippen MR) is 143 cm³/mol. The molecular weight excluding hydrogens is 458 g/mol. The average molecular weight is 506 g/mol. The van der Waals surface area contributed by atoms with Gasteiger partial charge < -0.3 is 25.4 Å². The van der Waals surface area contributed by atoms with E-state index in [2.05, 4.69) is 17.6 Å². The predicted octanol–water partition coefficient (Wildman–Crippen LogP) is 5.31. The molecule has 0 heterocycles. The topological polar surface area (TPSA) is 108 Å². The van der Waals surface area contributed by atoms with Gasteiger partial charge in [-0.15, -0.1) is 0 Å². The van der Waals surface area contributed by atoms with E-state index in [1.165, 1.54) is 11.0 Å². The highest BCUT2D eigenvalue weighted by molar-refractivity contribution is 5.93. The monoisotopic (exact) mass is 505 g/mol. The van der Waals surface area contributed by atoms with E-state index in [9.17, 15) is 19.5 Å². The molecule has 0 aliphatic rings. The molecule has 0 aromatic heterocycles. The van der Waals surface area contributed by atoms with Crippen molar-refractivity contribution in [2.24, 2.45) is 5.92 Å². The minimum absolute atomic E-state index is 0.0625. The van der Waals surface area contributed by atoms with Crippen LogP contribution in [0.25, 0.3) is 0 Å². The van der Waals surface area contributed by atoms with Gasteiger partial charge in [-0.2, -0.15) is 0 Å². The molecule has 8 heteroatoms. The molecule has 0 spiro atoms. The number of para-hydroxylation sites is 1. The second kappa shape index (κ2) is 14.7. The van der Waals surface area contributed by atoms with Crippen LogP contribution in [-0.4, -0.2) is 52.1 Å². The summed E-state index contributed by atoms with van der Waals surface area (Å²) in [4.78, 5) is 41.9. The third-order valence-electron chi connectivity index (χ3n) is 6.31. The van der Waals surface area contributed by atoms with Crippen molar-refractivity contribution in [3.05, 3.63) is 29.8 Å². The fourth-order valence-electron chi connectivity index (χ4n) is 3.89. The zero-order valence-electron chi connectivity index (χ0n) is 23.4. The number of ether oxygens (including phenoxy) is 1. The molecule has 0 aliphatic heterocycles. The first-order chi connectivity index (χ1) is 16.9. The third kappa shape index (κ3) is 9.36. The summed E-state index contributed by atoms with van der Waals surface area (Å²) in [6.45, 7) is 15.5. The van der Waals surface area contributed by atoms with Gasteiger partial charge in [0.25, 0.3) is 0 Å². The maximum atomic E-state index is 14.1. The summed E-state index contributed by atoms with van der Waals surface area (Å²) < 4.78 is 5.43. The van der Waals surface area contributed by atoms with Crippen LogP contribution in [-0.2, 0) is 14.3 Å². The van der Waals surface area contributed by atoms with Crippen molar-refractivity contribution < 1.29 is 24.2 Å². The first-order valence-corrected chi connectivity index (χ1v) is 13.2. The minimum atomic E-state index is -1.05. The van der Waals surface area contributed by atoms with Crippen LogP contribution in [0.3, 0.4) is 0 Å². The van der Waals surface area contributed by atoms with Crippen molar-refractivity contribution in [1.82, 2.24) is 15.5 Å². The average Bonchev–Trinajstić information content (AvgIpc) is 2.81. The second-order valence-electron chi connectivity index (χ2n) is 10.5. The molecule has 0 radical (unpaired) electrons. The Balaban J connectivity index is 3.50. The zero-order valence-corrected chi connectivity index (χ0v) is 23.4. The zero-order chi connectivity index (χ0) is 27.5. The van der Waals surface area contributed by atoms with Crippen LogP contribution in [0.1, 0.15) is 99.1 Å². The highest BCUT2D eigenvalue weighted by atomic mass is 16.6. The van der Waals surface area contributed by atoms with Gasteiger partial charge in [0, 0.05) is 18.2 Å². The summed E-state index contributed by atoms with van der Waals surface area (Å²) in [5.41, 5.74) is -0.375. The van der Waals surface area contributed by atoms with Crippen LogP contribution >= 0.6 is 0 Å². The molecule has 0 bridgehead atoms. The molecule has 0 fully saturated rings. The highest BCUT2D eigenvalue weighted by Gasteiger charge is 2.40. The molecular formula is C28H47N3O5. The lowest BCUT2D eigenvalue weighted by Gasteiger charge is -2.39. The van der Waals surface area contributed by atoms with Crippen molar-refractivity contribution in [3.63, 3.8) is 0 Å². The molecule has 0 aliphatic carbocycles. The van der Waals surface area contributed by atoms with Crippen molar-refractivity contribution in [2.75, 3.05) is 6.54 Å². The van der Waals surface area contributed by atoms with Crippen LogP contribution < -0.4 is 10.6 Å². The Bertz CT molecular complexity index is 852. The van der Waals surface area contributed by atoms with Gasteiger partial charge in [0.15, 0.2) is 0 Å². The first-order valence-electron chi connectivity index (χ1n) is 13.2. The van der Waals surface area contributed by atoms with Crippen molar-refractivity contribution in [1.29, 1.82) is 0 Å². The van der Waals surface area contributed by atoms with Gasteiger partial charge in [-0.05, 0) is 52.5 Å². The Morgan fingerprint density at radius 1 is 1.03 bits per heavy atom. The normalized spacial score (nSPS) is 14.8. The van der Waals surface area contributed by atoms with Gasteiger partial charge in [-0.25, -0.2) is 4.79 Å². The number of aromatic hydroxyl groups is 1. The van der Waals surface area contributed by atoms with Crippen molar-refractivity contribution >= 4 is 17.9 Å². The number of hydrogen-bond donors (Lipinski definition) is 3. The van der Waals surface area contributed by atoms with Gasteiger partial charge in [-0.1, -0.05) is 65.2 Å². The van der Waals surface area contributed by atoms with Crippen molar-refractivity contribution in [2.45, 2.75) is 111 Å². The molecule has 0 saturated carbocycles. The number of amides is 3. The molecule has 1 aromatic rings. The number of carbonyl (C=O) groups is 3. The van der Waals surface area contributed by atoms with E-state index in [1.54, 1.807) is 39.0 Å². The number of nitrogens with zero attached hydrogens (tertiary/aromatic N) is 1. The summed E-state index contributed by atoms with van der Waals surface area (Å²) >= 11 is 0. The minimum Gasteiger partial charge on any atom is -0.508 e. The summed E-state index contributed by atoms with van der Waals surface area (Å²) in [7, 11) is 0. The van der Waals surface area contributed by atoms with Crippen LogP contribution in [0.15, 0.2) is 24.3 Å². The molecule has 1 aromatic carbocycles. The Morgan fingerprint density at radius 2 is 1.67 bits per heavy atom. The third-order valence-corrected chi connectivity index (χ3v) is 6.31. The van der Waals surface area contributed by atoms with E-state index >= 15 is 0 Å². The second-order valence-corrected chi connectivity index (χ2v) is 10.5. The van der Waals surface area contributed by atoms with Gasteiger partial charge in [0.2, 0.25) is 11.8 Å². The molecule has 8 nitrogen and oxygen atoms in total. The fraction of sp³-hybridized carbons (Fsp3) is 0.679. The number of unbranched alkanes of at least 4 members (excludes halogenated alkanes) is 2. The Kier molecular flexibility index (Phi) is 12.8. The summed E-state index contributed by atoms with van der Waals surface area (Å²) in [6, 6.07) is 4.29. The number of alkyl carbamates (subject to hydrolysis) is 1. The van der Waals surface area contributed by atoms with Gasteiger partial charge in [-0.3, -0.25) is 9.59 Å². The number of phenols is 1. The highest BCUT2D eigenvalue weighted by Crippen LogP contribution is 2.32. The van der Waals surface area contributed by atoms with Gasteiger partial charge in [0.05, 0.1) is 0 Å². The van der Waals surface area contributed by atoms with Crippen LogP contribution in [0.4, 0.5) is 4.79 Å². The fourth-order valence-corrected chi connectivity index (χ4v) is 3.89. The van der Waals surface area contributed by atoms with Crippen LogP contribution in [0, 0.1) is 5.92 Å². The first kappa shape index (κ1) is 31.3. The van der Waals surface area contributed by atoms with Gasteiger partial charge in [0.1, 0.15) is 23.4 Å². The Morgan fingerprint density at radius 3 is 2.19 bits per heavy atom. The van der Waals surface area contributed by atoms with Gasteiger partial charge >= 0.3 is 6.09 Å². The largest absolute Gasteiger partial charge is 0.508 e. The SMILES string of the molecule is CCCCCNC(=O)C(c1ccccc1O)N(C(=O)C(NC(=O)OC(C)(C)C)C(C)CC)C(C)CC. The number of carbonyl (C=O) groups excluding carboxylic acids is 3. The molecule has 3 amide bonds. The van der Waals surface area contributed by atoms with E-state index in [4.69, 9.17) is 4.74 Å². The molecule has 4 atom stereocenters. The number of hydrogen-bond acceptors (Lipinski definition) is 5. The van der Waals surface area contributed by atoms with E-state index in [0.717, 1.165) is 19.3 Å². The summed E-state index contributed by atoms with van der Waals surface area (Å²) in [5.74, 6) is -1.02. The van der Waals surface area contributed by atoms with E-state index in [-0.39, 0.29) is 29.5 Å². The van der Waals surface area contributed by atoms with E-state index < -0.39 is 23.8 Å². The summed E-state index contributed by atoms with van der Waals surface area (Å²) in [5, 5.41) is 16.4. The Labute approximate surface area is 217 Å². The van der Waals surface area contributed by atoms with Crippen LogP contribution in [0.5, 0.6) is 5.75 Å². The number of rotatable bonds is 13. The Hall–Kier alpha value is -2.77. The number of benzene rings is 1. The molecule has 0 saturated heterocycles. The standard InChI is InChI=1S/C28H47N3O5/c1-9-12-15-18-29-25(33)24(21-16-13-14-17-22(21)32)31(20(5)11-3)26(34)23(19(4)10-2)30-27(35)36-28(6,7)8/h13-14,16-17,19-20,23-24,32H,9-12,15,18H2,1-8H3,(H,29,33)(H,30,35). The van der Waals surface area contributed by atoms with E-state index in [0.29, 0.717) is 24.9 Å². The number of nitrogens with one attached hydrogen (secondary N) is 2. The lowest BCUT2D eigenvalue weighted by Crippen LogP contribution is -2.57. The summed E-state index contributed by atoms with van der Waals surface area (Å²) in [6.07, 6.45) is 3.34. The maximum absolute atomic E-state index is 14.1. The smallest absolute Gasteiger partial charge is 0.408 e. The lowest BCUT2D eigenvalue weighted by molar-refractivity contribution is -0.146. The van der Waals surface area contributed by atoms with E-state index in [1.807, 2.05) is 27.7 Å². The quantitative estimate of drug-likeness (QED) is 0.315. The van der Waals surface area contributed by atoms with Crippen LogP contribution in [0.2, 0.25) is 0 Å². The molecule has 4 unspecified atom stereocenters. The molecule has 204 valence electrons. The number of phenolic OH excluding ortho intramolecular Hbond substituents is 1. The maximum Gasteiger partial charge on any atom is 0.408 e. The lowest BCUT2D eigenvalue weighted by atomic mass is 9.94. The molecule has 3 N–H and O–H groups in total. The molecule has 1 rings (SSSR count). The molecule has 36 heavy (non-hydrogen) atoms.